The summed E-state index contributed by atoms with van der Waals surface area (Å²) in [6, 6.07) is 2.41. The zero-order valence-electron chi connectivity index (χ0n) is 11.8. The molecule has 0 bridgehead atoms. The van der Waals surface area contributed by atoms with Gasteiger partial charge < -0.3 is 16.2 Å². The highest BCUT2D eigenvalue weighted by Crippen LogP contribution is 2.55. The first-order valence-electron chi connectivity index (χ1n) is 6.89. The molecule has 1 aromatic carbocycles. The van der Waals surface area contributed by atoms with Gasteiger partial charge in [0.05, 0.1) is 0 Å². The lowest BCUT2D eigenvalue weighted by Crippen LogP contribution is -2.51. The fourth-order valence-electron chi connectivity index (χ4n) is 3.42. The molecular weight excluding hydrogens is 321 g/mol. The van der Waals surface area contributed by atoms with Crippen LogP contribution >= 0.6 is 0 Å². The predicted octanol–water partition coefficient (Wildman–Crippen LogP) is 2.63. The summed E-state index contributed by atoms with van der Waals surface area (Å²) in [6.07, 6.45) is -6.20. The van der Waals surface area contributed by atoms with Crippen molar-refractivity contribution in [2.24, 2.45) is 16.6 Å². The Hall–Kier alpha value is -2.06. The van der Waals surface area contributed by atoms with Crippen molar-refractivity contribution in [3.63, 3.8) is 0 Å². The van der Waals surface area contributed by atoms with E-state index in [9.17, 15) is 22.0 Å². The number of aliphatic imine (C=N–C) groups is 1. The highest BCUT2D eigenvalue weighted by molar-refractivity contribution is 5.73. The van der Waals surface area contributed by atoms with Crippen molar-refractivity contribution < 1.29 is 26.7 Å². The first kappa shape index (κ1) is 15.8. The summed E-state index contributed by atoms with van der Waals surface area (Å²) in [5, 5.41) is 0. The Kier molecular flexibility index (Phi) is 3.42. The summed E-state index contributed by atoms with van der Waals surface area (Å²) in [7, 11) is 0. The molecule has 0 aromatic heterocycles. The maximum Gasteiger partial charge on any atom is 0.283 e. The predicted molar refractivity (Wildman–Crippen MR) is 72.7 cm³/mol. The summed E-state index contributed by atoms with van der Waals surface area (Å²) in [4.78, 5) is 3.59. The summed E-state index contributed by atoms with van der Waals surface area (Å²) < 4.78 is 74.6. The van der Waals surface area contributed by atoms with Crippen LogP contribution in [-0.2, 0) is 10.3 Å². The highest BCUT2D eigenvalue weighted by atomic mass is 19.3. The molecule has 1 saturated carbocycles. The smallest absolute Gasteiger partial charge is 0.283 e. The number of anilines is 1. The lowest BCUT2D eigenvalue weighted by Gasteiger charge is -2.41. The Bertz CT molecular complexity index is 666. The van der Waals surface area contributed by atoms with Gasteiger partial charge >= 0.3 is 0 Å². The molecule has 0 radical (unpaired) electrons. The summed E-state index contributed by atoms with van der Waals surface area (Å²) in [5.74, 6) is -5.64. The van der Waals surface area contributed by atoms with Crippen LogP contribution in [0.4, 0.5) is 27.6 Å². The second-order valence-corrected chi connectivity index (χ2v) is 5.84. The van der Waals surface area contributed by atoms with E-state index in [1.807, 2.05) is 0 Å². The fraction of sp³-hybridized carbons (Fsp3) is 0.500. The molecule has 0 amide bonds. The minimum atomic E-state index is -3.26. The number of nitrogens with two attached hydrogens (primary N) is 2. The van der Waals surface area contributed by atoms with Gasteiger partial charge in [0.25, 0.3) is 18.4 Å². The largest absolute Gasteiger partial charge is 0.461 e. The Morgan fingerprint density at radius 1 is 1.22 bits per heavy atom. The molecule has 4 N–H and O–H groups in total. The fourth-order valence-corrected chi connectivity index (χ4v) is 3.42. The average Bonchev–Trinajstić information content (AvgIpc) is 2.74. The number of fused-ring (bicyclic) bond motifs is 1. The van der Waals surface area contributed by atoms with Crippen molar-refractivity contribution in [3.05, 3.63) is 29.6 Å². The Labute approximate surface area is 128 Å². The third-order valence-electron chi connectivity index (χ3n) is 4.35. The standard InChI is InChI=1S/C14H14F5N3O/c15-9-2-1-6(20)3-7(9)14(11(16)17)8-4-13(18,19)5-10(8)23-12(21)22-14/h1-3,8,10-11H,4-5,20H2,(H2,21,22)/t8-,10+,14+/m0/s1. The number of ether oxygens (including phenoxy) is 1. The molecule has 23 heavy (non-hydrogen) atoms. The molecular formula is C14H14F5N3O. The number of hydrogen-bond acceptors (Lipinski definition) is 4. The van der Waals surface area contributed by atoms with E-state index in [0.29, 0.717) is 0 Å². The van der Waals surface area contributed by atoms with Crippen molar-refractivity contribution in [1.29, 1.82) is 0 Å². The van der Waals surface area contributed by atoms with Gasteiger partial charge in [-0.1, -0.05) is 0 Å². The molecule has 1 aliphatic carbocycles. The van der Waals surface area contributed by atoms with Gasteiger partial charge in [-0.05, 0) is 18.2 Å². The van der Waals surface area contributed by atoms with Crippen LogP contribution in [-0.4, -0.2) is 24.5 Å². The van der Waals surface area contributed by atoms with Crippen LogP contribution in [0.2, 0.25) is 0 Å². The normalized spacial score (nSPS) is 32.3. The van der Waals surface area contributed by atoms with Crippen molar-refractivity contribution in [1.82, 2.24) is 0 Å². The van der Waals surface area contributed by atoms with Crippen LogP contribution < -0.4 is 11.5 Å². The third-order valence-corrected chi connectivity index (χ3v) is 4.35. The van der Waals surface area contributed by atoms with Gasteiger partial charge in [0.2, 0.25) is 0 Å². The topological polar surface area (TPSA) is 73.6 Å². The van der Waals surface area contributed by atoms with Crippen molar-refractivity contribution in [2.75, 3.05) is 5.73 Å². The molecule has 2 aliphatic rings. The monoisotopic (exact) mass is 335 g/mol. The van der Waals surface area contributed by atoms with Crippen molar-refractivity contribution >= 4 is 11.7 Å². The van der Waals surface area contributed by atoms with Crippen LogP contribution in [0.5, 0.6) is 0 Å². The Balaban J connectivity index is 2.23. The van der Waals surface area contributed by atoms with E-state index in [0.717, 1.165) is 12.1 Å². The molecule has 126 valence electrons. The summed E-state index contributed by atoms with van der Waals surface area (Å²) >= 11 is 0. The van der Waals surface area contributed by atoms with Crippen LogP contribution in [0, 0.1) is 11.7 Å². The third kappa shape index (κ3) is 2.38. The molecule has 0 saturated heterocycles. The first-order valence-corrected chi connectivity index (χ1v) is 6.89. The lowest BCUT2D eigenvalue weighted by molar-refractivity contribution is -0.0392. The number of rotatable bonds is 2. The first-order chi connectivity index (χ1) is 10.7. The molecule has 3 atom stereocenters. The molecule has 4 nitrogen and oxygen atoms in total. The zero-order valence-corrected chi connectivity index (χ0v) is 11.8. The molecule has 0 spiro atoms. The van der Waals surface area contributed by atoms with Crippen molar-refractivity contribution in [3.8, 4) is 0 Å². The summed E-state index contributed by atoms with van der Waals surface area (Å²) in [5.41, 5.74) is 7.88. The van der Waals surface area contributed by atoms with Crippen LogP contribution in [0.15, 0.2) is 23.2 Å². The molecule has 0 unspecified atom stereocenters. The number of halogens is 5. The van der Waals surface area contributed by atoms with E-state index in [-0.39, 0.29) is 5.69 Å². The molecule has 1 fully saturated rings. The van der Waals surface area contributed by atoms with Crippen molar-refractivity contribution in [2.45, 2.75) is 36.8 Å². The van der Waals surface area contributed by atoms with Gasteiger partial charge in [-0.25, -0.2) is 26.9 Å². The second kappa shape index (κ2) is 4.97. The van der Waals surface area contributed by atoms with Gasteiger partial charge in [-0.3, -0.25) is 0 Å². The Morgan fingerprint density at radius 3 is 2.57 bits per heavy atom. The van der Waals surface area contributed by atoms with Gasteiger partial charge in [0, 0.05) is 30.0 Å². The number of amidine groups is 1. The van der Waals surface area contributed by atoms with E-state index >= 15 is 0 Å². The number of benzene rings is 1. The molecule has 9 heteroatoms. The number of nitrogens with zero attached hydrogens (tertiary/aromatic N) is 1. The number of nitrogen functional groups attached to an aromatic ring is 1. The van der Waals surface area contributed by atoms with Gasteiger partial charge in [0.1, 0.15) is 11.9 Å². The van der Waals surface area contributed by atoms with E-state index in [1.54, 1.807) is 0 Å². The summed E-state index contributed by atoms with van der Waals surface area (Å²) in [6.45, 7) is 0. The lowest BCUT2D eigenvalue weighted by atomic mass is 9.75. The maximum absolute atomic E-state index is 14.2. The van der Waals surface area contributed by atoms with Gasteiger partial charge in [0.15, 0.2) is 5.54 Å². The van der Waals surface area contributed by atoms with E-state index in [1.165, 1.54) is 6.07 Å². The average molecular weight is 335 g/mol. The maximum atomic E-state index is 14.2. The second-order valence-electron chi connectivity index (χ2n) is 5.84. The zero-order chi connectivity index (χ0) is 17.0. The van der Waals surface area contributed by atoms with E-state index in [4.69, 9.17) is 16.2 Å². The van der Waals surface area contributed by atoms with E-state index in [2.05, 4.69) is 4.99 Å². The van der Waals surface area contributed by atoms with E-state index < -0.39 is 60.2 Å². The number of hydrogen-bond donors (Lipinski definition) is 2. The molecule has 3 rings (SSSR count). The molecule has 1 aromatic rings. The van der Waals surface area contributed by atoms with Crippen LogP contribution in [0.1, 0.15) is 18.4 Å². The highest BCUT2D eigenvalue weighted by Gasteiger charge is 2.63. The van der Waals surface area contributed by atoms with Gasteiger partial charge in [-0.2, -0.15) is 0 Å². The molecule has 1 heterocycles. The number of alkyl halides is 4. The Morgan fingerprint density at radius 2 is 1.91 bits per heavy atom. The SMILES string of the molecule is NC1=N[C@@](c2cc(N)ccc2F)(C(F)F)[C@H]2CC(F)(F)C[C@H]2O1. The van der Waals surface area contributed by atoms with Crippen LogP contribution in [0.25, 0.3) is 0 Å². The minimum absolute atomic E-state index is 0.0167. The minimum Gasteiger partial charge on any atom is -0.461 e. The van der Waals surface area contributed by atoms with Crippen LogP contribution in [0.3, 0.4) is 0 Å². The van der Waals surface area contributed by atoms with Gasteiger partial charge in [-0.15, -0.1) is 0 Å². The molecule has 1 aliphatic heterocycles. The quantitative estimate of drug-likeness (QED) is 0.644.